The molecule has 114 valence electrons. The molecule has 0 spiro atoms. The average Bonchev–Trinajstić information content (AvgIpc) is 3.02. The Labute approximate surface area is 125 Å². The fourth-order valence-corrected chi connectivity index (χ4v) is 2.99. The van der Waals surface area contributed by atoms with Crippen molar-refractivity contribution in [2.45, 2.75) is 44.4 Å². The Hall–Kier alpha value is -1.75. The standard InChI is InChI=1S/C16H22N2O3/c1-11(14-7-4-9-20-14)17-16(19)18-13-8-10-21-15-6-3-2-5-12(13)15/h2-3,5-6,11,13-14H,4,7-10H2,1H3,(H2,17,18,19)/t11-,13+,14-/m0/s1. The van der Waals surface area contributed by atoms with Crippen LogP contribution in [0.25, 0.3) is 0 Å². The molecule has 3 rings (SSSR count). The van der Waals surface area contributed by atoms with Gasteiger partial charge >= 0.3 is 6.03 Å². The van der Waals surface area contributed by atoms with Crippen molar-refractivity contribution in [1.82, 2.24) is 10.6 Å². The minimum absolute atomic E-state index is 0.00615. The SMILES string of the molecule is C[C@H](NC(=O)N[C@@H]1CCOc2ccccc21)[C@@H]1CCCO1. The normalized spacial score (nSPS) is 25.6. The summed E-state index contributed by atoms with van der Waals surface area (Å²) in [4.78, 5) is 12.2. The fraction of sp³-hybridized carbons (Fsp3) is 0.562. The lowest BCUT2D eigenvalue weighted by Gasteiger charge is -2.28. The van der Waals surface area contributed by atoms with E-state index in [2.05, 4.69) is 10.6 Å². The second-order valence-electron chi connectivity index (χ2n) is 5.69. The van der Waals surface area contributed by atoms with Crippen LogP contribution >= 0.6 is 0 Å². The Morgan fingerprint density at radius 2 is 2.14 bits per heavy atom. The lowest BCUT2D eigenvalue weighted by molar-refractivity contribution is 0.0857. The van der Waals surface area contributed by atoms with Gasteiger partial charge in [0.2, 0.25) is 0 Å². The third kappa shape index (κ3) is 3.29. The van der Waals surface area contributed by atoms with E-state index in [0.29, 0.717) is 6.61 Å². The van der Waals surface area contributed by atoms with Crippen molar-refractivity contribution < 1.29 is 14.3 Å². The van der Waals surface area contributed by atoms with E-state index < -0.39 is 0 Å². The first-order chi connectivity index (χ1) is 10.2. The summed E-state index contributed by atoms with van der Waals surface area (Å²) in [5.41, 5.74) is 1.05. The van der Waals surface area contributed by atoms with Crippen LogP contribution < -0.4 is 15.4 Å². The maximum absolute atomic E-state index is 12.2. The minimum atomic E-state index is -0.139. The molecule has 0 bridgehead atoms. The number of carbonyl (C=O) groups is 1. The smallest absolute Gasteiger partial charge is 0.315 e. The number of urea groups is 1. The van der Waals surface area contributed by atoms with E-state index in [0.717, 1.165) is 37.2 Å². The van der Waals surface area contributed by atoms with Crippen molar-refractivity contribution in [2.24, 2.45) is 0 Å². The van der Waals surface area contributed by atoms with Gasteiger partial charge in [0, 0.05) is 18.6 Å². The summed E-state index contributed by atoms with van der Waals surface area (Å²) in [6.45, 7) is 3.42. The van der Waals surface area contributed by atoms with E-state index in [1.54, 1.807) is 0 Å². The van der Waals surface area contributed by atoms with Gasteiger partial charge in [0.15, 0.2) is 0 Å². The van der Waals surface area contributed by atoms with Gasteiger partial charge in [0.1, 0.15) is 5.75 Å². The molecule has 21 heavy (non-hydrogen) atoms. The molecule has 5 nitrogen and oxygen atoms in total. The summed E-state index contributed by atoms with van der Waals surface area (Å²) in [6, 6.07) is 7.75. The summed E-state index contributed by atoms with van der Waals surface area (Å²) < 4.78 is 11.2. The zero-order chi connectivity index (χ0) is 14.7. The van der Waals surface area contributed by atoms with Crippen molar-refractivity contribution in [2.75, 3.05) is 13.2 Å². The van der Waals surface area contributed by atoms with Crippen molar-refractivity contribution >= 4 is 6.03 Å². The maximum Gasteiger partial charge on any atom is 0.315 e. The highest BCUT2D eigenvalue weighted by Crippen LogP contribution is 2.31. The molecule has 1 saturated heterocycles. The first-order valence-electron chi connectivity index (χ1n) is 7.64. The lowest BCUT2D eigenvalue weighted by Crippen LogP contribution is -2.47. The molecule has 0 aliphatic carbocycles. The third-order valence-corrected chi connectivity index (χ3v) is 4.15. The monoisotopic (exact) mass is 290 g/mol. The zero-order valence-electron chi connectivity index (χ0n) is 12.3. The summed E-state index contributed by atoms with van der Waals surface area (Å²) in [6.07, 6.45) is 3.02. The molecule has 3 atom stereocenters. The highest BCUT2D eigenvalue weighted by molar-refractivity contribution is 5.75. The third-order valence-electron chi connectivity index (χ3n) is 4.15. The van der Waals surface area contributed by atoms with Crippen LogP contribution in [0.3, 0.4) is 0 Å². The molecule has 1 aromatic carbocycles. The molecule has 2 N–H and O–H groups in total. The van der Waals surface area contributed by atoms with Gasteiger partial charge in [-0.05, 0) is 25.8 Å². The Balaban J connectivity index is 1.58. The topological polar surface area (TPSA) is 59.6 Å². The van der Waals surface area contributed by atoms with Gasteiger partial charge in [-0.1, -0.05) is 18.2 Å². The number of rotatable bonds is 3. The van der Waals surface area contributed by atoms with Gasteiger partial charge in [0.05, 0.1) is 24.8 Å². The van der Waals surface area contributed by atoms with Gasteiger partial charge in [-0.25, -0.2) is 4.79 Å². The van der Waals surface area contributed by atoms with Crippen molar-refractivity contribution in [3.8, 4) is 5.75 Å². The van der Waals surface area contributed by atoms with Crippen LogP contribution in [0, 0.1) is 0 Å². The number of nitrogens with one attached hydrogen (secondary N) is 2. The van der Waals surface area contributed by atoms with Crippen molar-refractivity contribution in [1.29, 1.82) is 0 Å². The number of amides is 2. The summed E-state index contributed by atoms with van der Waals surface area (Å²) in [7, 11) is 0. The van der Waals surface area contributed by atoms with E-state index in [1.807, 2.05) is 31.2 Å². The number of fused-ring (bicyclic) bond motifs is 1. The number of benzene rings is 1. The quantitative estimate of drug-likeness (QED) is 0.898. The molecule has 1 aromatic rings. The minimum Gasteiger partial charge on any atom is -0.493 e. The predicted molar refractivity (Wildman–Crippen MR) is 79.4 cm³/mol. The summed E-state index contributed by atoms with van der Waals surface area (Å²) in [5, 5.41) is 6.03. The van der Waals surface area contributed by atoms with E-state index in [9.17, 15) is 4.79 Å². The van der Waals surface area contributed by atoms with Crippen molar-refractivity contribution in [3.63, 3.8) is 0 Å². The Morgan fingerprint density at radius 3 is 2.95 bits per heavy atom. The van der Waals surface area contributed by atoms with E-state index in [-0.39, 0.29) is 24.2 Å². The summed E-state index contributed by atoms with van der Waals surface area (Å²) >= 11 is 0. The van der Waals surface area contributed by atoms with Gasteiger partial charge in [0.25, 0.3) is 0 Å². The zero-order valence-corrected chi connectivity index (χ0v) is 12.3. The number of para-hydroxylation sites is 1. The van der Waals surface area contributed by atoms with Crippen LogP contribution in [-0.2, 0) is 4.74 Å². The molecule has 2 aliphatic rings. The van der Waals surface area contributed by atoms with Gasteiger partial charge in [-0.15, -0.1) is 0 Å². The van der Waals surface area contributed by atoms with E-state index >= 15 is 0 Å². The van der Waals surface area contributed by atoms with Gasteiger partial charge < -0.3 is 20.1 Å². The highest BCUT2D eigenvalue weighted by atomic mass is 16.5. The number of hydrogen-bond acceptors (Lipinski definition) is 3. The fourth-order valence-electron chi connectivity index (χ4n) is 2.99. The van der Waals surface area contributed by atoms with Crippen LogP contribution in [0.15, 0.2) is 24.3 Å². The Kier molecular flexibility index (Phi) is 4.29. The Morgan fingerprint density at radius 1 is 1.29 bits per heavy atom. The van der Waals surface area contributed by atoms with Gasteiger partial charge in [-0.3, -0.25) is 0 Å². The molecule has 2 heterocycles. The number of hydrogen-bond donors (Lipinski definition) is 2. The van der Waals surface area contributed by atoms with Crippen LogP contribution in [0.1, 0.15) is 37.8 Å². The van der Waals surface area contributed by atoms with Crippen LogP contribution in [0.5, 0.6) is 5.75 Å². The lowest BCUT2D eigenvalue weighted by atomic mass is 10.0. The van der Waals surface area contributed by atoms with Crippen LogP contribution in [-0.4, -0.2) is 31.4 Å². The summed E-state index contributed by atoms with van der Waals surface area (Å²) in [5.74, 6) is 0.862. The first-order valence-corrected chi connectivity index (χ1v) is 7.64. The Bertz CT molecular complexity index is 500. The van der Waals surface area contributed by atoms with Gasteiger partial charge in [-0.2, -0.15) is 0 Å². The largest absolute Gasteiger partial charge is 0.493 e. The first kappa shape index (κ1) is 14.2. The molecular weight excluding hydrogens is 268 g/mol. The van der Waals surface area contributed by atoms with Crippen LogP contribution in [0.4, 0.5) is 4.79 Å². The molecule has 0 aromatic heterocycles. The number of carbonyl (C=O) groups excluding carboxylic acids is 1. The van der Waals surface area contributed by atoms with E-state index in [1.165, 1.54) is 0 Å². The average molecular weight is 290 g/mol. The molecule has 0 saturated carbocycles. The second-order valence-corrected chi connectivity index (χ2v) is 5.69. The molecule has 5 heteroatoms. The predicted octanol–water partition coefficient (Wildman–Crippen LogP) is 2.38. The van der Waals surface area contributed by atoms with E-state index in [4.69, 9.17) is 9.47 Å². The second kappa shape index (κ2) is 6.35. The molecule has 0 radical (unpaired) electrons. The number of ether oxygens (including phenoxy) is 2. The molecule has 1 fully saturated rings. The maximum atomic E-state index is 12.2. The molecule has 2 amide bonds. The molecule has 0 unspecified atom stereocenters. The highest BCUT2D eigenvalue weighted by Gasteiger charge is 2.26. The molecule has 2 aliphatic heterocycles. The van der Waals surface area contributed by atoms with Crippen molar-refractivity contribution in [3.05, 3.63) is 29.8 Å². The molecular formula is C16H22N2O3. The van der Waals surface area contributed by atoms with Crippen LogP contribution in [0.2, 0.25) is 0 Å².